The predicted molar refractivity (Wildman–Crippen MR) is 64.2 cm³/mol. The van der Waals surface area contributed by atoms with Gasteiger partial charge in [0.15, 0.2) is 5.69 Å². The molecule has 0 fully saturated rings. The van der Waals surface area contributed by atoms with Gasteiger partial charge in [-0.3, -0.25) is 9.59 Å². The van der Waals surface area contributed by atoms with Crippen LogP contribution in [0.1, 0.15) is 42.9 Å². The molecule has 0 aliphatic carbocycles. The highest BCUT2D eigenvalue weighted by molar-refractivity contribution is 5.92. The molecule has 0 radical (unpaired) electrons. The van der Waals surface area contributed by atoms with Crippen LogP contribution >= 0.6 is 0 Å². The number of hydrogen-bond acceptors (Lipinski definition) is 4. The van der Waals surface area contributed by atoms with Crippen molar-refractivity contribution in [3.63, 3.8) is 0 Å². The minimum Gasteiger partial charge on any atom is -0.481 e. The first kappa shape index (κ1) is 14.2. The molecular formula is C12H18N2O4. The van der Waals surface area contributed by atoms with E-state index in [0.717, 1.165) is 0 Å². The quantitative estimate of drug-likeness (QED) is 0.804. The molecule has 6 heteroatoms. The molecule has 0 saturated carbocycles. The monoisotopic (exact) mass is 254 g/mol. The second kappa shape index (κ2) is 6.18. The van der Waals surface area contributed by atoms with Crippen LogP contribution in [-0.2, 0) is 4.79 Å². The summed E-state index contributed by atoms with van der Waals surface area (Å²) in [6.45, 7) is 5.63. The van der Waals surface area contributed by atoms with Gasteiger partial charge in [0, 0.05) is 12.1 Å². The van der Waals surface area contributed by atoms with Crippen LogP contribution in [0, 0.1) is 12.8 Å². The molecule has 0 spiro atoms. The first-order chi connectivity index (χ1) is 8.38. The number of aromatic nitrogens is 1. The Labute approximate surface area is 105 Å². The standard InChI is InChI=1S/C12H18N2O4/c1-7(2)4-9(6-11(15)16)13-12(17)10-5-8(3)18-14-10/h5,7,9H,4,6H2,1-3H3,(H,13,17)(H,15,16)/t9-/m1/s1. The Bertz CT molecular complexity index is 425. The van der Waals surface area contributed by atoms with Crippen LogP contribution in [0.3, 0.4) is 0 Å². The molecule has 1 atom stereocenters. The van der Waals surface area contributed by atoms with Gasteiger partial charge in [0.05, 0.1) is 6.42 Å². The van der Waals surface area contributed by atoms with E-state index < -0.39 is 17.9 Å². The number of nitrogens with zero attached hydrogens (tertiary/aromatic N) is 1. The van der Waals surface area contributed by atoms with Crippen molar-refractivity contribution in [3.8, 4) is 0 Å². The third-order valence-electron chi connectivity index (χ3n) is 2.37. The number of nitrogens with one attached hydrogen (secondary N) is 1. The average Bonchev–Trinajstić information content (AvgIpc) is 2.62. The van der Waals surface area contributed by atoms with Crippen molar-refractivity contribution >= 4 is 11.9 Å². The van der Waals surface area contributed by atoms with Crippen molar-refractivity contribution < 1.29 is 19.2 Å². The van der Waals surface area contributed by atoms with E-state index in [1.165, 1.54) is 6.07 Å². The summed E-state index contributed by atoms with van der Waals surface area (Å²) in [5, 5.41) is 15.1. The molecular weight excluding hydrogens is 236 g/mol. The molecule has 0 aliphatic rings. The van der Waals surface area contributed by atoms with E-state index in [9.17, 15) is 9.59 Å². The Kier molecular flexibility index (Phi) is 4.88. The number of hydrogen-bond donors (Lipinski definition) is 2. The van der Waals surface area contributed by atoms with Gasteiger partial charge in [-0.1, -0.05) is 19.0 Å². The van der Waals surface area contributed by atoms with E-state index in [1.54, 1.807) is 6.92 Å². The molecule has 1 rings (SSSR count). The van der Waals surface area contributed by atoms with Crippen LogP contribution in [-0.4, -0.2) is 28.2 Å². The summed E-state index contributed by atoms with van der Waals surface area (Å²) in [5.41, 5.74) is 0.173. The molecule has 100 valence electrons. The van der Waals surface area contributed by atoms with Crippen LogP contribution in [0.2, 0.25) is 0 Å². The second-order valence-electron chi connectivity index (χ2n) is 4.72. The van der Waals surface area contributed by atoms with E-state index in [4.69, 9.17) is 9.63 Å². The summed E-state index contributed by atoms with van der Waals surface area (Å²) in [6.07, 6.45) is 0.510. The van der Waals surface area contributed by atoms with E-state index in [-0.39, 0.29) is 12.1 Å². The molecule has 1 amide bonds. The van der Waals surface area contributed by atoms with Gasteiger partial charge in [-0.2, -0.15) is 0 Å². The first-order valence-corrected chi connectivity index (χ1v) is 5.84. The van der Waals surface area contributed by atoms with E-state index in [0.29, 0.717) is 18.1 Å². The van der Waals surface area contributed by atoms with Gasteiger partial charge in [0.1, 0.15) is 5.76 Å². The summed E-state index contributed by atoms with van der Waals surface area (Å²) in [5.74, 6) is -0.497. The molecule has 1 heterocycles. The van der Waals surface area contributed by atoms with Crippen molar-refractivity contribution in [3.05, 3.63) is 17.5 Å². The summed E-state index contributed by atoms with van der Waals surface area (Å²) in [6, 6.07) is 1.12. The minimum absolute atomic E-state index is 0.0965. The smallest absolute Gasteiger partial charge is 0.305 e. The number of aliphatic carboxylic acids is 1. The van der Waals surface area contributed by atoms with Gasteiger partial charge in [0.25, 0.3) is 5.91 Å². The molecule has 0 unspecified atom stereocenters. The Morgan fingerprint density at radius 3 is 2.61 bits per heavy atom. The SMILES string of the molecule is Cc1cc(C(=O)N[C@@H](CC(=O)O)CC(C)C)no1. The summed E-state index contributed by atoms with van der Waals surface area (Å²) >= 11 is 0. The lowest BCUT2D eigenvalue weighted by Crippen LogP contribution is -2.37. The first-order valence-electron chi connectivity index (χ1n) is 5.84. The lowest BCUT2D eigenvalue weighted by atomic mass is 10.0. The Morgan fingerprint density at radius 1 is 1.50 bits per heavy atom. The summed E-state index contributed by atoms with van der Waals surface area (Å²) in [4.78, 5) is 22.5. The van der Waals surface area contributed by atoms with Crippen molar-refractivity contribution in [2.45, 2.75) is 39.7 Å². The average molecular weight is 254 g/mol. The highest BCUT2D eigenvalue weighted by Gasteiger charge is 2.19. The molecule has 0 aliphatic heterocycles. The van der Waals surface area contributed by atoms with E-state index in [1.807, 2.05) is 13.8 Å². The van der Waals surface area contributed by atoms with Crippen LogP contribution in [0.4, 0.5) is 0 Å². The number of aryl methyl sites for hydroxylation is 1. The van der Waals surface area contributed by atoms with Crippen molar-refractivity contribution in [1.82, 2.24) is 10.5 Å². The Hall–Kier alpha value is -1.85. The van der Waals surface area contributed by atoms with Gasteiger partial charge in [-0.15, -0.1) is 0 Å². The fourth-order valence-electron chi connectivity index (χ4n) is 1.71. The molecule has 1 aromatic heterocycles. The maximum absolute atomic E-state index is 11.8. The molecule has 0 aromatic carbocycles. The number of carboxylic acid groups (broad SMARTS) is 1. The maximum Gasteiger partial charge on any atom is 0.305 e. The fraction of sp³-hybridized carbons (Fsp3) is 0.583. The molecule has 1 aromatic rings. The topological polar surface area (TPSA) is 92.4 Å². The predicted octanol–water partition coefficient (Wildman–Crippen LogP) is 1.60. The molecule has 2 N–H and O–H groups in total. The van der Waals surface area contributed by atoms with E-state index in [2.05, 4.69) is 10.5 Å². The second-order valence-corrected chi connectivity index (χ2v) is 4.72. The third kappa shape index (κ3) is 4.57. The van der Waals surface area contributed by atoms with Gasteiger partial charge in [0.2, 0.25) is 0 Å². The molecule has 0 saturated heterocycles. The zero-order valence-corrected chi connectivity index (χ0v) is 10.8. The summed E-state index contributed by atoms with van der Waals surface area (Å²) < 4.78 is 4.80. The van der Waals surface area contributed by atoms with Crippen molar-refractivity contribution in [1.29, 1.82) is 0 Å². The number of carboxylic acids is 1. The highest BCUT2D eigenvalue weighted by Crippen LogP contribution is 2.09. The van der Waals surface area contributed by atoms with Crippen LogP contribution in [0.25, 0.3) is 0 Å². The normalized spacial score (nSPS) is 12.4. The maximum atomic E-state index is 11.8. The highest BCUT2D eigenvalue weighted by atomic mass is 16.5. The van der Waals surface area contributed by atoms with E-state index >= 15 is 0 Å². The van der Waals surface area contributed by atoms with Gasteiger partial charge in [-0.25, -0.2) is 0 Å². The number of rotatable bonds is 6. The third-order valence-corrected chi connectivity index (χ3v) is 2.37. The van der Waals surface area contributed by atoms with Gasteiger partial charge < -0.3 is 14.9 Å². The Balaban J connectivity index is 2.64. The van der Waals surface area contributed by atoms with Crippen LogP contribution in [0.15, 0.2) is 10.6 Å². The van der Waals surface area contributed by atoms with Gasteiger partial charge in [-0.05, 0) is 19.3 Å². The van der Waals surface area contributed by atoms with Crippen LogP contribution in [0.5, 0.6) is 0 Å². The fourth-order valence-corrected chi connectivity index (χ4v) is 1.71. The number of carbonyl (C=O) groups is 2. The lowest BCUT2D eigenvalue weighted by molar-refractivity contribution is -0.137. The van der Waals surface area contributed by atoms with Crippen molar-refractivity contribution in [2.24, 2.45) is 5.92 Å². The lowest BCUT2D eigenvalue weighted by Gasteiger charge is -2.18. The summed E-state index contributed by atoms with van der Waals surface area (Å²) in [7, 11) is 0. The molecule has 6 nitrogen and oxygen atoms in total. The zero-order valence-electron chi connectivity index (χ0n) is 10.8. The largest absolute Gasteiger partial charge is 0.481 e. The number of carbonyl (C=O) groups excluding carboxylic acids is 1. The van der Waals surface area contributed by atoms with Gasteiger partial charge >= 0.3 is 5.97 Å². The molecule has 18 heavy (non-hydrogen) atoms. The minimum atomic E-state index is -0.933. The molecule has 0 bridgehead atoms. The Morgan fingerprint density at radius 2 is 2.17 bits per heavy atom. The van der Waals surface area contributed by atoms with Crippen LogP contribution < -0.4 is 5.32 Å². The van der Waals surface area contributed by atoms with Crippen molar-refractivity contribution in [2.75, 3.05) is 0 Å². The zero-order chi connectivity index (χ0) is 13.7. The number of amides is 1.